The molecule has 1 aromatic heterocycles. The van der Waals surface area contributed by atoms with Crippen LogP contribution in [0.1, 0.15) is 17.5 Å². The molecule has 0 saturated carbocycles. The van der Waals surface area contributed by atoms with Gasteiger partial charge in [-0.2, -0.15) is 5.23 Å². The van der Waals surface area contributed by atoms with Crippen LogP contribution in [-0.2, 0) is 0 Å². The van der Waals surface area contributed by atoms with E-state index < -0.39 is 5.23 Å². The molecular weight excluding hydrogens is 222 g/mol. The summed E-state index contributed by atoms with van der Waals surface area (Å²) in [6, 6.07) is 9.63. The van der Waals surface area contributed by atoms with Crippen LogP contribution in [0, 0.1) is 5.21 Å². The minimum Gasteiger partial charge on any atom is -0.595 e. The van der Waals surface area contributed by atoms with E-state index in [1.54, 1.807) is 24.3 Å². The van der Waals surface area contributed by atoms with Gasteiger partial charge in [-0.15, -0.1) is 0 Å². The molecule has 0 spiro atoms. The van der Waals surface area contributed by atoms with Crippen molar-refractivity contribution in [1.29, 1.82) is 0 Å². The number of carbonyl (C=O) groups excluding carboxylic acids is 1. The minimum absolute atomic E-state index is 0.150. The lowest BCUT2D eigenvalue weighted by atomic mass is 10.1. The molecule has 2 N–H and O–H groups in total. The first-order valence-corrected chi connectivity index (χ1v) is 5.03. The Labute approximate surface area is 97.4 Å². The number of Topliss-reactive ketones (excluding diaryl/α,β-unsaturated/α-hetero) is 1. The summed E-state index contributed by atoms with van der Waals surface area (Å²) < 4.78 is 5.31. The van der Waals surface area contributed by atoms with Crippen LogP contribution in [0.3, 0.4) is 0 Å². The van der Waals surface area contributed by atoms with Crippen LogP contribution in [0.25, 0.3) is 11.3 Å². The number of quaternary nitrogens is 1. The maximum absolute atomic E-state index is 11.1. The van der Waals surface area contributed by atoms with E-state index in [-0.39, 0.29) is 17.2 Å². The first-order chi connectivity index (χ1) is 8.09. The monoisotopic (exact) mass is 233 g/mol. The maximum atomic E-state index is 11.1. The second-order valence-corrected chi connectivity index (χ2v) is 3.57. The first kappa shape index (κ1) is 11.5. The molecule has 2 aromatic rings. The molecule has 17 heavy (non-hydrogen) atoms. The quantitative estimate of drug-likeness (QED) is 0.622. The number of hydrogen-bond acceptors (Lipinski definition) is 4. The van der Waals surface area contributed by atoms with Gasteiger partial charge in [0.15, 0.2) is 17.2 Å². The van der Waals surface area contributed by atoms with E-state index in [2.05, 4.69) is 0 Å². The van der Waals surface area contributed by atoms with Crippen LogP contribution in [0.2, 0.25) is 0 Å². The normalized spacial score (nSPS) is 12.4. The molecule has 0 bridgehead atoms. The molecule has 1 heterocycles. The van der Waals surface area contributed by atoms with Crippen molar-refractivity contribution in [1.82, 2.24) is 0 Å². The van der Waals surface area contributed by atoms with E-state index in [0.29, 0.717) is 11.3 Å². The van der Waals surface area contributed by atoms with Crippen LogP contribution in [0.5, 0.6) is 0 Å². The summed E-state index contributed by atoms with van der Waals surface area (Å²) in [4.78, 5) is 11.1. The van der Waals surface area contributed by atoms with Gasteiger partial charge in [0.1, 0.15) is 5.76 Å². The second kappa shape index (κ2) is 4.50. The molecule has 0 fully saturated rings. The SMILES string of the molecule is CC(=O)c1ccc(-c2ccccc2[NH+]([O-])O)o1. The number of nitrogens with one attached hydrogen (secondary N) is 1. The van der Waals surface area contributed by atoms with Gasteiger partial charge in [0.05, 0.1) is 5.56 Å². The van der Waals surface area contributed by atoms with Crippen molar-refractivity contribution >= 4 is 11.5 Å². The number of ketones is 1. The Bertz CT molecular complexity index is 545. The minimum atomic E-state index is -1.03. The molecular formula is C12H11NO4. The fourth-order valence-electron chi connectivity index (χ4n) is 1.56. The van der Waals surface area contributed by atoms with Gasteiger partial charge in [-0.05, 0) is 18.2 Å². The third-order valence-corrected chi connectivity index (χ3v) is 2.38. The van der Waals surface area contributed by atoms with Crippen LogP contribution in [-0.4, -0.2) is 11.0 Å². The average molecular weight is 233 g/mol. The smallest absolute Gasteiger partial charge is 0.194 e. The molecule has 1 unspecified atom stereocenters. The number of carbonyl (C=O) groups is 1. The molecule has 0 saturated heterocycles. The van der Waals surface area contributed by atoms with Crippen LogP contribution >= 0.6 is 0 Å². The Morgan fingerprint density at radius 3 is 2.59 bits per heavy atom. The molecule has 0 aliphatic heterocycles. The summed E-state index contributed by atoms with van der Waals surface area (Å²) in [6.07, 6.45) is 0. The van der Waals surface area contributed by atoms with Crippen molar-refractivity contribution in [2.45, 2.75) is 6.92 Å². The molecule has 5 nitrogen and oxygen atoms in total. The standard InChI is InChI=1S/C12H11NO4/c1-8(14)11-6-7-12(17-11)9-4-2-3-5-10(9)13(15)16/h2-7,13,15H,1H3. The van der Waals surface area contributed by atoms with Gasteiger partial charge in [0.2, 0.25) is 0 Å². The van der Waals surface area contributed by atoms with Crippen molar-refractivity contribution in [2.24, 2.45) is 0 Å². The van der Waals surface area contributed by atoms with Gasteiger partial charge < -0.3 is 9.62 Å². The zero-order valence-electron chi connectivity index (χ0n) is 9.14. The topological polar surface area (TPSA) is 77.9 Å². The maximum Gasteiger partial charge on any atom is 0.194 e. The molecule has 1 aromatic carbocycles. The van der Waals surface area contributed by atoms with Crippen molar-refractivity contribution in [3.05, 3.63) is 47.4 Å². The first-order valence-electron chi connectivity index (χ1n) is 5.03. The molecule has 1 atom stereocenters. The van der Waals surface area contributed by atoms with Crippen molar-refractivity contribution in [3.63, 3.8) is 0 Å². The Hall–Kier alpha value is -1.95. The highest BCUT2D eigenvalue weighted by atomic mass is 16.8. The number of benzene rings is 1. The molecule has 0 amide bonds. The average Bonchev–Trinajstić information content (AvgIpc) is 2.78. The van der Waals surface area contributed by atoms with E-state index in [1.807, 2.05) is 0 Å². The van der Waals surface area contributed by atoms with E-state index in [4.69, 9.17) is 9.62 Å². The molecule has 2 rings (SSSR count). The van der Waals surface area contributed by atoms with Crippen LogP contribution in [0.4, 0.5) is 5.69 Å². The lowest BCUT2D eigenvalue weighted by Crippen LogP contribution is -2.99. The molecule has 5 heteroatoms. The molecule has 0 aliphatic rings. The van der Waals surface area contributed by atoms with E-state index in [0.717, 1.165) is 0 Å². The Morgan fingerprint density at radius 2 is 2.00 bits per heavy atom. The van der Waals surface area contributed by atoms with Crippen molar-refractivity contribution < 1.29 is 19.6 Å². The van der Waals surface area contributed by atoms with Gasteiger partial charge >= 0.3 is 0 Å². The fraction of sp³-hybridized carbons (Fsp3) is 0.0833. The highest BCUT2D eigenvalue weighted by Crippen LogP contribution is 2.27. The predicted molar refractivity (Wildman–Crippen MR) is 59.9 cm³/mol. The summed E-state index contributed by atoms with van der Waals surface area (Å²) in [6.45, 7) is 1.39. The summed E-state index contributed by atoms with van der Waals surface area (Å²) in [7, 11) is 0. The Morgan fingerprint density at radius 1 is 1.29 bits per heavy atom. The van der Waals surface area contributed by atoms with E-state index in [9.17, 15) is 10.0 Å². The number of hydrogen-bond donors (Lipinski definition) is 2. The summed E-state index contributed by atoms with van der Waals surface area (Å²) in [5.74, 6) is 0.414. The Kier molecular flexibility index (Phi) is 3.06. The van der Waals surface area contributed by atoms with Gasteiger partial charge in [0.25, 0.3) is 0 Å². The van der Waals surface area contributed by atoms with Crippen LogP contribution in [0.15, 0.2) is 40.8 Å². The zero-order valence-corrected chi connectivity index (χ0v) is 9.14. The molecule has 88 valence electrons. The molecule has 0 aliphatic carbocycles. The Balaban J connectivity index is 2.48. The fourth-order valence-corrected chi connectivity index (χ4v) is 1.56. The van der Waals surface area contributed by atoms with Gasteiger partial charge in [-0.25, -0.2) is 5.21 Å². The van der Waals surface area contributed by atoms with E-state index >= 15 is 0 Å². The van der Waals surface area contributed by atoms with Gasteiger partial charge in [0, 0.05) is 13.0 Å². The molecule has 0 radical (unpaired) electrons. The largest absolute Gasteiger partial charge is 0.595 e. The predicted octanol–water partition coefficient (Wildman–Crippen LogP) is 1.55. The van der Waals surface area contributed by atoms with Crippen LogP contribution < -0.4 is 5.23 Å². The van der Waals surface area contributed by atoms with Gasteiger partial charge in [-0.1, -0.05) is 12.1 Å². The van der Waals surface area contributed by atoms with Crippen molar-refractivity contribution in [3.8, 4) is 11.3 Å². The number of furan rings is 1. The second-order valence-electron chi connectivity index (χ2n) is 3.57. The third-order valence-electron chi connectivity index (χ3n) is 2.38. The summed E-state index contributed by atoms with van der Waals surface area (Å²) >= 11 is 0. The number of rotatable bonds is 3. The summed E-state index contributed by atoms with van der Waals surface area (Å²) in [5.41, 5.74) is 0.615. The highest BCUT2D eigenvalue weighted by Gasteiger charge is 2.14. The van der Waals surface area contributed by atoms with E-state index in [1.165, 1.54) is 19.1 Å². The lowest BCUT2D eigenvalue weighted by molar-refractivity contribution is -0.991. The highest BCUT2D eigenvalue weighted by molar-refractivity contribution is 5.92. The van der Waals surface area contributed by atoms with Gasteiger partial charge in [-0.3, -0.25) is 4.79 Å². The zero-order chi connectivity index (χ0) is 12.4. The lowest BCUT2D eigenvalue weighted by Gasteiger charge is -2.14. The van der Waals surface area contributed by atoms with Crippen molar-refractivity contribution in [2.75, 3.05) is 0 Å². The summed E-state index contributed by atoms with van der Waals surface area (Å²) in [5, 5.41) is 19.0. The third kappa shape index (κ3) is 2.26. The number of para-hydroxylation sites is 1.